The highest BCUT2D eigenvalue weighted by Gasteiger charge is 2.03. The number of hydrogen-bond donors (Lipinski definition) is 1. The molecule has 0 fully saturated rings. The molecule has 0 spiro atoms. The molecule has 1 heterocycles. The summed E-state index contributed by atoms with van der Waals surface area (Å²) in [7, 11) is 1.97. The number of thiophene rings is 1. The smallest absolute Gasteiger partial charge is 0.119 e. The molecule has 0 saturated carbocycles. The topological polar surface area (TPSA) is 21.3 Å². The Kier molecular flexibility index (Phi) is 4.39. The van der Waals surface area contributed by atoms with Gasteiger partial charge in [0.2, 0.25) is 0 Å². The lowest BCUT2D eigenvalue weighted by Gasteiger charge is -2.09. The molecule has 0 unspecified atom stereocenters. The molecule has 0 radical (unpaired) electrons. The minimum atomic E-state index is 0.222. The van der Waals surface area contributed by atoms with Crippen LogP contribution in [-0.2, 0) is 6.54 Å². The molecule has 0 aliphatic heterocycles. The Labute approximate surface area is 113 Å². The van der Waals surface area contributed by atoms with Crippen molar-refractivity contribution in [1.82, 2.24) is 5.32 Å². The summed E-state index contributed by atoms with van der Waals surface area (Å²) in [5.41, 5.74) is 2.52. The standard InChI is InChI=1S/C15H19NOS/c1-11(2)17-14-6-4-12(5-7-14)13-8-15(9-16-3)18-10-13/h4-8,10-11,16H,9H2,1-3H3. The first-order chi connectivity index (χ1) is 8.69. The minimum absolute atomic E-state index is 0.222. The van der Waals surface area contributed by atoms with E-state index in [-0.39, 0.29) is 6.10 Å². The van der Waals surface area contributed by atoms with E-state index in [2.05, 4.69) is 28.9 Å². The van der Waals surface area contributed by atoms with Gasteiger partial charge in [-0.15, -0.1) is 11.3 Å². The van der Waals surface area contributed by atoms with Crippen molar-refractivity contribution in [2.24, 2.45) is 0 Å². The number of benzene rings is 1. The largest absolute Gasteiger partial charge is 0.491 e. The first kappa shape index (κ1) is 13.1. The van der Waals surface area contributed by atoms with Crippen LogP contribution in [0.15, 0.2) is 35.7 Å². The Morgan fingerprint density at radius 3 is 2.50 bits per heavy atom. The highest BCUT2D eigenvalue weighted by Crippen LogP contribution is 2.27. The van der Waals surface area contributed by atoms with Crippen LogP contribution in [0.1, 0.15) is 18.7 Å². The summed E-state index contributed by atoms with van der Waals surface area (Å²) in [6.07, 6.45) is 0.222. The van der Waals surface area contributed by atoms with E-state index in [9.17, 15) is 0 Å². The summed E-state index contributed by atoms with van der Waals surface area (Å²) in [4.78, 5) is 1.36. The lowest BCUT2D eigenvalue weighted by atomic mass is 10.1. The molecule has 2 rings (SSSR count). The lowest BCUT2D eigenvalue weighted by molar-refractivity contribution is 0.242. The predicted molar refractivity (Wildman–Crippen MR) is 78.3 cm³/mol. The van der Waals surface area contributed by atoms with Gasteiger partial charge in [0.15, 0.2) is 0 Å². The zero-order chi connectivity index (χ0) is 13.0. The van der Waals surface area contributed by atoms with Crippen LogP contribution in [0.3, 0.4) is 0 Å². The van der Waals surface area contributed by atoms with Crippen molar-refractivity contribution in [2.75, 3.05) is 7.05 Å². The molecule has 2 nitrogen and oxygen atoms in total. The fourth-order valence-corrected chi connectivity index (χ4v) is 2.70. The van der Waals surface area contributed by atoms with Gasteiger partial charge >= 0.3 is 0 Å². The van der Waals surface area contributed by atoms with E-state index >= 15 is 0 Å². The first-order valence-corrected chi connectivity index (χ1v) is 7.06. The van der Waals surface area contributed by atoms with E-state index in [0.29, 0.717) is 0 Å². The predicted octanol–water partition coefficient (Wildman–Crippen LogP) is 3.92. The highest BCUT2D eigenvalue weighted by molar-refractivity contribution is 7.10. The van der Waals surface area contributed by atoms with Gasteiger partial charge in [-0.1, -0.05) is 12.1 Å². The monoisotopic (exact) mass is 261 g/mol. The minimum Gasteiger partial charge on any atom is -0.491 e. The molecular weight excluding hydrogens is 242 g/mol. The van der Waals surface area contributed by atoms with E-state index in [1.165, 1.54) is 16.0 Å². The summed E-state index contributed by atoms with van der Waals surface area (Å²) in [6, 6.07) is 10.5. The number of rotatable bonds is 5. The van der Waals surface area contributed by atoms with Crippen LogP contribution in [0.5, 0.6) is 5.75 Å². The highest BCUT2D eigenvalue weighted by atomic mass is 32.1. The summed E-state index contributed by atoms with van der Waals surface area (Å²) in [5.74, 6) is 0.930. The molecule has 2 aromatic rings. The number of hydrogen-bond acceptors (Lipinski definition) is 3. The van der Waals surface area contributed by atoms with Crippen LogP contribution < -0.4 is 10.1 Å². The van der Waals surface area contributed by atoms with Gasteiger partial charge in [0.05, 0.1) is 6.10 Å². The fraction of sp³-hybridized carbons (Fsp3) is 0.333. The number of ether oxygens (including phenoxy) is 1. The third-order valence-electron chi connectivity index (χ3n) is 2.56. The Bertz CT molecular complexity index is 487. The van der Waals surface area contributed by atoms with Gasteiger partial charge < -0.3 is 10.1 Å². The van der Waals surface area contributed by atoms with Crippen LogP contribution >= 0.6 is 11.3 Å². The van der Waals surface area contributed by atoms with Crippen molar-refractivity contribution in [3.05, 3.63) is 40.6 Å². The third-order valence-corrected chi connectivity index (χ3v) is 3.50. The molecule has 0 saturated heterocycles. The Morgan fingerprint density at radius 2 is 1.89 bits per heavy atom. The normalized spacial score (nSPS) is 10.9. The molecule has 0 amide bonds. The van der Waals surface area contributed by atoms with E-state index < -0.39 is 0 Å². The van der Waals surface area contributed by atoms with Gasteiger partial charge in [0, 0.05) is 11.4 Å². The van der Waals surface area contributed by atoms with Crippen molar-refractivity contribution in [3.63, 3.8) is 0 Å². The van der Waals surface area contributed by atoms with Gasteiger partial charge in [-0.2, -0.15) is 0 Å². The zero-order valence-corrected chi connectivity index (χ0v) is 11.9. The molecule has 0 bridgehead atoms. The molecule has 1 aromatic carbocycles. The van der Waals surface area contributed by atoms with Gasteiger partial charge in [-0.05, 0) is 55.6 Å². The quantitative estimate of drug-likeness (QED) is 0.880. The summed E-state index contributed by atoms with van der Waals surface area (Å²) < 4.78 is 5.64. The second kappa shape index (κ2) is 6.03. The Hall–Kier alpha value is -1.32. The van der Waals surface area contributed by atoms with Gasteiger partial charge in [0.1, 0.15) is 5.75 Å². The van der Waals surface area contributed by atoms with Crippen molar-refractivity contribution in [3.8, 4) is 16.9 Å². The van der Waals surface area contributed by atoms with Crippen molar-refractivity contribution in [1.29, 1.82) is 0 Å². The third kappa shape index (κ3) is 3.34. The van der Waals surface area contributed by atoms with Gasteiger partial charge in [-0.3, -0.25) is 0 Å². The average Bonchev–Trinajstić information content (AvgIpc) is 2.78. The van der Waals surface area contributed by atoms with Crippen LogP contribution in [-0.4, -0.2) is 13.2 Å². The van der Waals surface area contributed by atoms with E-state index in [0.717, 1.165) is 12.3 Å². The molecule has 1 aromatic heterocycles. The SMILES string of the molecule is CNCc1cc(-c2ccc(OC(C)C)cc2)cs1. The van der Waals surface area contributed by atoms with Crippen LogP contribution in [0.4, 0.5) is 0 Å². The molecule has 18 heavy (non-hydrogen) atoms. The molecular formula is C15H19NOS. The Morgan fingerprint density at radius 1 is 1.17 bits per heavy atom. The molecule has 0 aliphatic carbocycles. The van der Waals surface area contributed by atoms with Crippen LogP contribution in [0.2, 0.25) is 0 Å². The number of nitrogens with one attached hydrogen (secondary N) is 1. The molecule has 1 N–H and O–H groups in total. The maximum atomic E-state index is 5.64. The van der Waals surface area contributed by atoms with Crippen molar-refractivity contribution in [2.45, 2.75) is 26.5 Å². The maximum Gasteiger partial charge on any atom is 0.119 e. The zero-order valence-electron chi connectivity index (χ0n) is 11.1. The van der Waals surface area contributed by atoms with E-state index in [1.807, 2.05) is 33.0 Å². The molecule has 3 heteroatoms. The van der Waals surface area contributed by atoms with Crippen molar-refractivity contribution >= 4 is 11.3 Å². The molecule has 0 atom stereocenters. The van der Waals surface area contributed by atoms with Gasteiger partial charge in [0.25, 0.3) is 0 Å². The van der Waals surface area contributed by atoms with Gasteiger partial charge in [-0.25, -0.2) is 0 Å². The average molecular weight is 261 g/mol. The summed E-state index contributed by atoms with van der Waals surface area (Å²) in [5, 5.41) is 5.37. The molecule has 96 valence electrons. The van der Waals surface area contributed by atoms with E-state index in [4.69, 9.17) is 4.74 Å². The fourth-order valence-electron chi connectivity index (χ4n) is 1.80. The molecule has 0 aliphatic rings. The maximum absolute atomic E-state index is 5.64. The second-order valence-corrected chi connectivity index (χ2v) is 5.52. The summed E-state index contributed by atoms with van der Waals surface area (Å²) in [6.45, 7) is 5.01. The van der Waals surface area contributed by atoms with Crippen LogP contribution in [0.25, 0.3) is 11.1 Å². The van der Waals surface area contributed by atoms with Crippen molar-refractivity contribution < 1.29 is 4.74 Å². The first-order valence-electron chi connectivity index (χ1n) is 6.18. The Balaban J connectivity index is 2.12. The lowest BCUT2D eigenvalue weighted by Crippen LogP contribution is -2.05. The summed E-state index contributed by atoms with van der Waals surface area (Å²) >= 11 is 1.79. The van der Waals surface area contributed by atoms with Crippen LogP contribution in [0, 0.1) is 0 Å². The second-order valence-electron chi connectivity index (χ2n) is 4.52. The van der Waals surface area contributed by atoms with E-state index in [1.54, 1.807) is 11.3 Å².